The van der Waals surface area contributed by atoms with Crippen LogP contribution in [0.15, 0.2) is 24.5 Å². The van der Waals surface area contributed by atoms with E-state index in [1.807, 2.05) is 6.92 Å². The number of aromatic nitrogens is 3. The summed E-state index contributed by atoms with van der Waals surface area (Å²) < 4.78 is 0. The molecule has 3 rings (SSSR count). The van der Waals surface area contributed by atoms with Crippen molar-refractivity contribution in [1.82, 2.24) is 20.5 Å². The fourth-order valence-corrected chi connectivity index (χ4v) is 2.95. The van der Waals surface area contributed by atoms with Gasteiger partial charge >= 0.3 is 0 Å². The lowest BCUT2D eigenvalue weighted by Crippen LogP contribution is -2.32. The minimum atomic E-state index is -0.182. The van der Waals surface area contributed by atoms with E-state index in [0.29, 0.717) is 23.1 Å². The van der Waals surface area contributed by atoms with Crippen molar-refractivity contribution in [3.05, 3.63) is 41.5 Å². The van der Waals surface area contributed by atoms with Crippen molar-refractivity contribution in [3.63, 3.8) is 0 Å². The van der Waals surface area contributed by atoms with Gasteiger partial charge in [-0.25, -0.2) is 4.98 Å². The van der Waals surface area contributed by atoms with Crippen molar-refractivity contribution < 1.29 is 9.59 Å². The van der Waals surface area contributed by atoms with Gasteiger partial charge in [0.25, 0.3) is 5.91 Å². The van der Waals surface area contributed by atoms with E-state index in [2.05, 4.69) is 25.8 Å². The third kappa shape index (κ3) is 3.98. The van der Waals surface area contributed by atoms with Crippen molar-refractivity contribution in [2.45, 2.75) is 45.1 Å². The number of amides is 2. The molecule has 7 heteroatoms. The molecule has 1 aromatic heterocycles. The second-order valence-corrected chi connectivity index (χ2v) is 6.14. The number of aryl methyl sites for hydroxylation is 1. The Morgan fingerprint density at radius 1 is 1.29 bits per heavy atom. The van der Waals surface area contributed by atoms with E-state index >= 15 is 0 Å². The molecule has 0 unspecified atom stereocenters. The highest BCUT2D eigenvalue weighted by molar-refractivity contribution is 5.97. The quantitative estimate of drug-likeness (QED) is 0.781. The average molecular weight is 327 g/mol. The molecule has 0 saturated heterocycles. The van der Waals surface area contributed by atoms with Gasteiger partial charge in [0.1, 0.15) is 12.2 Å². The van der Waals surface area contributed by atoms with Crippen LogP contribution in [0.25, 0.3) is 0 Å². The van der Waals surface area contributed by atoms with Crippen LogP contribution in [0.1, 0.15) is 47.4 Å². The first kappa shape index (κ1) is 16.2. The first-order valence-electron chi connectivity index (χ1n) is 8.17. The molecule has 0 aliphatic heterocycles. The van der Waals surface area contributed by atoms with Gasteiger partial charge in [-0.2, -0.15) is 5.10 Å². The van der Waals surface area contributed by atoms with E-state index in [-0.39, 0.29) is 18.2 Å². The van der Waals surface area contributed by atoms with Crippen LogP contribution in [-0.2, 0) is 11.2 Å². The predicted molar refractivity (Wildman–Crippen MR) is 89.6 cm³/mol. The van der Waals surface area contributed by atoms with Crippen molar-refractivity contribution in [2.24, 2.45) is 0 Å². The maximum Gasteiger partial charge on any atom is 0.251 e. The number of carbonyl (C=O) groups is 2. The molecule has 1 saturated carbocycles. The Hall–Kier alpha value is -2.70. The first-order valence-corrected chi connectivity index (χ1v) is 8.17. The zero-order chi connectivity index (χ0) is 16.9. The first-order chi connectivity index (χ1) is 11.6. The highest BCUT2D eigenvalue weighted by atomic mass is 16.2. The zero-order valence-electron chi connectivity index (χ0n) is 13.6. The van der Waals surface area contributed by atoms with Gasteiger partial charge in [-0.15, -0.1) is 0 Å². The summed E-state index contributed by atoms with van der Waals surface area (Å²) in [5.41, 5.74) is 2.16. The van der Waals surface area contributed by atoms with Crippen LogP contribution in [0.4, 0.5) is 5.69 Å². The number of nitrogens with one attached hydrogen (secondary N) is 3. The summed E-state index contributed by atoms with van der Waals surface area (Å²) in [4.78, 5) is 28.2. The molecule has 0 spiro atoms. The van der Waals surface area contributed by atoms with Gasteiger partial charge < -0.3 is 10.6 Å². The molecule has 1 aliphatic carbocycles. The monoisotopic (exact) mass is 327 g/mol. The topological polar surface area (TPSA) is 99.8 Å². The fraction of sp³-hybridized carbons (Fsp3) is 0.412. The molecule has 0 atom stereocenters. The molecule has 2 aromatic rings. The number of hydrogen-bond acceptors (Lipinski definition) is 4. The van der Waals surface area contributed by atoms with Crippen LogP contribution in [0, 0.1) is 6.92 Å². The number of hydrogen-bond donors (Lipinski definition) is 3. The minimum Gasteiger partial charge on any atom is -0.349 e. The second kappa shape index (κ2) is 7.25. The molecular weight excluding hydrogens is 306 g/mol. The Kier molecular flexibility index (Phi) is 4.88. The van der Waals surface area contributed by atoms with Gasteiger partial charge in [0.05, 0.1) is 6.42 Å². The highest BCUT2D eigenvalue weighted by Gasteiger charge is 2.18. The summed E-state index contributed by atoms with van der Waals surface area (Å²) in [6.45, 7) is 1.87. The van der Waals surface area contributed by atoms with Gasteiger partial charge in [-0.3, -0.25) is 14.7 Å². The number of benzene rings is 1. The van der Waals surface area contributed by atoms with Crippen LogP contribution < -0.4 is 10.6 Å². The Morgan fingerprint density at radius 2 is 2.08 bits per heavy atom. The summed E-state index contributed by atoms with van der Waals surface area (Å²) in [5.74, 6) is 0.278. The van der Waals surface area contributed by atoms with E-state index in [0.717, 1.165) is 18.4 Å². The highest BCUT2D eigenvalue weighted by Crippen LogP contribution is 2.20. The molecule has 1 heterocycles. The number of rotatable bonds is 5. The number of carbonyl (C=O) groups excluding carboxylic acids is 2. The van der Waals surface area contributed by atoms with Crippen molar-refractivity contribution >= 4 is 17.5 Å². The molecular formula is C17H21N5O2. The molecule has 1 aliphatic rings. The number of H-pyrrole nitrogens is 1. The molecule has 7 nitrogen and oxygen atoms in total. The lowest BCUT2D eigenvalue weighted by atomic mass is 10.1. The molecule has 24 heavy (non-hydrogen) atoms. The van der Waals surface area contributed by atoms with Crippen molar-refractivity contribution in [3.8, 4) is 0 Å². The Bertz CT molecular complexity index is 721. The third-order valence-corrected chi connectivity index (χ3v) is 4.25. The summed E-state index contributed by atoms with van der Waals surface area (Å²) in [5, 5.41) is 12.3. The van der Waals surface area contributed by atoms with Gasteiger partial charge in [0.15, 0.2) is 0 Å². The van der Waals surface area contributed by atoms with Crippen LogP contribution >= 0.6 is 0 Å². The lowest BCUT2D eigenvalue weighted by molar-refractivity contribution is -0.115. The number of anilines is 1. The van der Waals surface area contributed by atoms with Crippen LogP contribution in [-0.4, -0.2) is 33.0 Å². The number of nitrogens with zero attached hydrogens (tertiary/aromatic N) is 2. The largest absolute Gasteiger partial charge is 0.349 e. The lowest BCUT2D eigenvalue weighted by Gasteiger charge is -2.13. The smallest absolute Gasteiger partial charge is 0.251 e. The Labute approximate surface area is 140 Å². The van der Waals surface area contributed by atoms with Gasteiger partial charge in [0, 0.05) is 17.3 Å². The zero-order valence-corrected chi connectivity index (χ0v) is 13.6. The minimum absolute atomic E-state index is 0.0514. The van der Waals surface area contributed by atoms with Gasteiger partial charge in [0.2, 0.25) is 5.91 Å². The third-order valence-electron chi connectivity index (χ3n) is 4.25. The molecule has 1 aromatic carbocycles. The van der Waals surface area contributed by atoms with Crippen LogP contribution in [0.5, 0.6) is 0 Å². The van der Waals surface area contributed by atoms with E-state index in [9.17, 15) is 9.59 Å². The molecule has 2 amide bonds. The summed E-state index contributed by atoms with van der Waals surface area (Å²) in [7, 11) is 0. The summed E-state index contributed by atoms with van der Waals surface area (Å²) >= 11 is 0. The molecule has 126 valence electrons. The van der Waals surface area contributed by atoms with E-state index in [4.69, 9.17) is 0 Å². The Balaban J connectivity index is 1.61. The van der Waals surface area contributed by atoms with Crippen molar-refractivity contribution in [2.75, 3.05) is 5.32 Å². The fourth-order valence-electron chi connectivity index (χ4n) is 2.95. The molecule has 1 fully saturated rings. The summed E-state index contributed by atoms with van der Waals surface area (Å²) in [6, 6.07) is 5.59. The van der Waals surface area contributed by atoms with Gasteiger partial charge in [-0.05, 0) is 43.5 Å². The SMILES string of the molecule is Cc1cc(C(=O)NC2CCCC2)ccc1NC(=O)Cc1ncn[nH]1. The summed E-state index contributed by atoms with van der Waals surface area (Å²) in [6.07, 6.45) is 5.97. The van der Waals surface area contributed by atoms with Gasteiger partial charge in [-0.1, -0.05) is 12.8 Å². The van der Waals surface area contributed by atoms with Crippen LogP contribution in [0.3, 0.4) is 0 Å². The number of aromatic amines is 1. The standard InChI is InChI=1S/C17H21N5O2/c1-11-8-12(17(24)20-13-4-2-3-5-13)6-7-14(11)21-16(23)9-15-18-10-19-22-15/h6-8,10,13H,2-5,9H2,1H3,(H,20,24)(H,21,23)(H,18,19,22). The van der Waals surface area contributed by atoms with E-state index in [1.54, 1.807) is 18.2 Å². The van der Waals surface area contributed by atoms with Crippen molar-refractivity contribution in [1.29, 1.82) is 0 Å². The Morgan fingerprint density at radius 3 is 2.75 bits per heavy atom. The predicted octanol–water partition coefficient (Wildman–Crippen LogP) is 1.97. The normalized spacial score (nSPS) is 14.5. The maximum absolute atomic E-state index is 12.3. The van der Waals surface area contributed by atoms with E-state index in [1.165, 1.54) is 19.2 Å². The molecule has 0 radical (unpaired) electrons. The second-order valence-electron chi connectivity index (χ2n) is 6.14. The molecule has 3 N–H and O–H groups in total. The van der Waals surface area contributed by atoms with E-state index < -0.39 is 0 Å². The molecule has 0 bridgehead atoms. The average Bonchev–Trinajstić information content (AvgIpc) is 3.23. The maximum atomic E-state index is 12.3. The van der Waals surface area contributed by atoms with Crippen LogP contribution in [0.2, 0.25) is 0 Å².